The van der Waals surface area contributed by atoms with Gasteiger partial charge in [-0.15, -0.1) is 0 Å². The van der Waals surface area contributed by atoms with Gasteiger partial charge in [0.25, 0.3) is 0 Å². The first-order chi connectivity index (χ1) is 14.1. The Kier molecular flexibility index (Phi) is 4.14. The Morgan fingerprint density at radius 1 is 0.966 bits per heavy atom. The van der Waals surface area contributed by atoms with Crippen LogP contribution in [0.4, 0.5) is 5.69 Å². The van der Waals surface area contributed by atoms with Crippen LogP contribution >= 0.6 is 0 Å². The summed E-state index contributed by atoms with van der Waals surface area (Å²) in [5.74, 6) is 0. The molecule has 1 heterocycles. The predicted molar refractivity (Wildman–Crippen MR) is 123 cm³/mol. The highest BCUT2D eigenvalue weighted by Gasteiger charge is 2.25. The fourth-order valence-corrected chi connectivity index (χ4v) is 4.25. The van der Waals surface area contributed by atoms with Crippen LogP contribution in [-0.4, -0.2) is 0 Å². The molecule has 0 radical (unpaired) electrons. The molecule has 4 aromatic rings. The topological polar surface area (TPSA) is 8.24 Å². The van der Waals surface area contributed by atoms with Crippen molar-refractivity contribution in [2.75, 3.05) is 0 Å². The average molecular weight is 381 g/mol. The van der Waals surface area contributed by atoms with E-state index in [1.165, 1.54) is 27.5 Å². The Morgan fingerprint density at radius 2 is 1.66 bits per heavy atom. The van der Waals surface area contributed by atoms with Gasteiger partial charge in [-0.2, -0.15) is 4.57 Å². The molecule has 29 heavy (non-hydrogen) atoms. The van der Waals surface area contributed by atoms with Crippen LogP contribution in [0.3, 0.4) is 0 Å². The van der Waals surface area contributed by atoms with Crippen molar-refractivity contribution in [2.24, 2.45) is 7.05 Å². The second-order valence-electron chi connectivity index (χ2n) is 8.85. The van der Waals surface area contributed by atoms with Crippen LogP contribution in [0.1, 0.15) is 39.0 Å². The predicted octanol–water partition coefficient (Wildman–Crippen LogP) is 6.95. The molecule has 0 saturated carbocycles. The third-order valence-corrected chi connectivity index (χ3v) is 5.92. The van der Waals surface area contributed by atoms with E-state index in [0.717, 1.165) is 22.2 Å². The standard InChI is InChI=1S/C27H27N2/c1-17-14-19-15-20(28-6)12-13-22(19)26(29(17)7)24-16-25(27(3,4)5)23-11-9-8-10-21(23)18(24)2/h8-16H,1-5,7H3/q+1/i14D. The quantitative estimate of drug-likeness (QED) is 0.249. The maximum absolute atomic E-state index is 8.66. The lowest BCUT2D eigenvalue weighted by Crippen LogP contribution is -2.35. The molecule has 1 aromatic heterocycles. The highest BCUT2D eigenvalue weighted by molar-refractivity contribution is 6.00. The van der Waals surface area contributed by atoms with E-state index in [2.05, 4.69) is 67.4 Å². The Morgan fingerprint density at radius 3 is 2.31 bits per heavy atom. The van der Waals surface area contributed by atoms with Gasteiger partial charge < -0.3 is 0 Å². The summed E-state index contributed by atoms with van der Waals surface area (Å²) in [5, 5.41) is 4.40. The molecule has 2 heteroatoms. The molecule has 4 rings (SSSR count). The van der Waals surface area contributed by atoms with E-state index < -0.39 is 0 Å². The number of nitrogens with zero attached hydrogens (tertiary/aromatic N) is 2. The number of benzene rings is 3. The summed E-state index contributed by atoms with van der Waals surface area (Å²) in [7, 11) is 2.04. The summed E-state index contributed by atoms with van der Waals surface area (Å²) >= 11 is 0. The maximum Gasteiger partial charge on any atom is 0.220 e. The Labute approximate surface area is 174 Å². The molecule has 0 aliphatic carbocycles. The maximum atomic E-state index is 8.66. The number of pyridine rings is 1. The molecule has 0 spiro atoms. The van der Waals surface area contributed by atoms with Crippen molar-refractivity contribution in [1.82, 2.24) is 0 Å². The fourth-order valence-electron chi connectivity index (χ4n) is 4.25. The number of fused-ring (bicyclic) bond motifs is 2. The van der Waals surface area contributed by atoms with Crippen LogP contribution < -0.4 is 4.57 Å². The normalized spacial score (nSPS) is 12.2. The van der Waals surface area contributed by atoms with Crippen LogP contribution in [0.15, 0.2) is 54.6 Å². The van der Waals surface area contributed by atoms with Crippen molar-refractivity contribution in [1.29, 1.82) is 0 Å². The first kappa shape index (κ1) is 17.9. The van der Waals surface area contributed by atoms with E-state index in [9.17, 15) is 0 Å². The van der Waals surface area contributed by atoms with Gasteiger partial charge in [0.2, 0.25) is 5.69 Å². The van der Waals surface area contributed by atoms with Crippen molar-refractivity contribution in [2.45, 2.75) is 40.0 Å². The lowest BCUT2D eigenvalue weighted by molar-refractivity contribution is -0.665. The zero-order valence-corrected chi connectivity index (χ0v) is 18.0. The van der Waals surface area contributed by atoms with E-state index in [4.69, 9.17) is 7.94 Å². The van der Waals surface area contributed by atoms with Crippen LogP contribution in [0, 0.1) is 20.4 Å². The van der Waals surface area contributed by atoms with E-state index >= 15 is 0 Å². The third-order valence-electron chi connectivity index (χ3n) is 5.92. The molecule has 3 aromatic carbocycles. The third kappa shape index (κ3) is 3.08. The minimum atomic E-state index is -0.00188. The molecule has 0 amide bonds. The zero-order valence-electron chi connectivity index (χ0n) is 19.0. The average Bonchev–Trinajstić information content (AvgIpc) is 2.72. The van der Waals surface area contributed by atoms with Gasteiger partial charge in [-0.05, 0) is 51.8 Å². The van der Waals surface area contributed by atoms with Crippen molar-refractivity contribution in [3.05, 3.63) is 82.8 Å². The summed E-state index contributed by atoms with van der Waals surface area (Å²) in [5.41, 5.74) is 6.30. The van der Waals surface area contributed by atoms with Crippen molar-refractivity contribution in [3.8, 4) is 11.3 Å². The van der Waals surface area contributed by atoms with Gasteiger partial charge in [-0.3, -0.25) is 0 Å². The minimum absolute atomic E-state index is 0.00188. The minimum Gasteiger partial charge on any atom is -0.238 e. The monoisotopic (exact) mass is 380 g/mol. The highest BCUT2D eigenvalue weighted by atomic mass is 14.9. The van der Waals surface area contributed by atoms with E-state index in [1.807, 2.05) is 32.2 Å². The molecular weight excluding hydrogens is 352 g/mol. The van der Waals surface area contributed by atoms with Gasteiger partial charge in [-0.25, -0.2) is 4.85 Å². The molecule has 0 saturated heterocycles. The fraction of sp³-hybridized carbons (Fsp3) is 0.259. The molecule has 0 aliphatic rings. The molecule has 0 bridgehead atoms. The first-order valence-electron chi connectivity index (χ1n) is 10.5. The number of hydrogen-bond acceptors (Lipinski definition) is 0. The van der Waals surface area contributed by atoms with Gasteiger partial charge in [0.15, 0.2) is 11.4 Å². The number of aryl methyl sites for hydroxylation is 1. The summed E-state index contributed by atoms with van der Waals surface area (Å²) in [6.45, 7) is 18.3. The lowest BCUT2D eigenvalue weighted by Gasteiger charge is -2.24. The van der Waals surface area contributed by atoms with Crippen LogP contribution in [0.25, 0.3) is 37.6 Å². The van der Waals surface area contributed by atoms with Crippen molar-refractivity contribution >= 4 is 27.2 Å². The summed E-state index contributed by atoms with van der Waals surface area (Å²) in [4.78, 5) is 3.58. The molecule has 2 nitrogen and oxygen atoms in total. The molecule has 0 N–H and O–H groups in total. The number of hydrogen-bond donors (Lipinski definition) is 0. The summed E-state index contributed by atoms with van der Waals surface area (Å²) in [6.07, 6.45) is 0. The van der Waals surface area contributed by atoms with Gasteiger partial charge in [0.1, 0.15) is 7.05 Å². The van der Waals surface area contributed by atoms with E-state index in [-0.39, 0.29) is 5.41 Å². The largest absolute Gasteiger partial charge is 0.238 e. The number of rotatable bonds is 1. The molecule has 0 unspecified atom stereocenters. The summed E-state index contributed by atoms with van der Waals surface area (Å²) < 4.78 is 10.8. The van der Waals surface area contributed by atoms with Crippen molar-refractivity contribution < 1.29 is 5.94 Å². The second-order valence-corrected chi connectivity index (χ2v) is 8.85. The van der Waals surface area contributed by atoms with Gasteiger partial charge in [0, 0.05) is 13.0 Å². The van der Waals surface area contributed by atoms with Crippen LogP contribution in [-0.2, 0) is 12.5 Å². The van der Waals surface area contributed by atoms with Crippen LogP contribution in [0.5, 0.6) is 0 Å². The Hall–Kier alpha value is -3.18. The zero-order chi connectivity index (χ0) is 21.8. The van der Waals surface area contributed by atoms with Crippen LogP contribution in [0.2, 0.25) is 0 Å². The first-order valence-corrected chi connectivity index (χ1v) is 9.98. The molecule has 0 atom stereocenters. The van der Waals surface area contributed by atoms with Gasteiger partial charge in [-0.1, -0.05) is 57.2 Å². The molecular formula is C27H27N2+. The Balaban J connectivity index is 2.22. The smallest absolute Gasteiger partial charge is 0.220 e. The van der Waals surface area contributed by atoms with E-state index in [0.29, 0.717) is 11.7 Å². The van der Waals surface area contributed by atoms with Gasteiger partial charge >= 0.3 is 0 Å². The van der Waals surface area contributed by atoms with Crippen molar-refractivity contribution in [3.63, 3.8) is 0 Å². The molecule has 144 valence electrons. The SMILES string of the molecule is [2H]c1c(C)[n+](C)c(-c2cc(C(C)(C)C)c3ccccc3c2C)c2ccc([N+]#[C-])cc12. The molecule has 0 fully saturated rings. The number of aromatic nitrogens is 1. The summed E-state index contributed by atoms with van der Waals surface area (Å²) in [6, 6.07) is 17.1. The highest BCUT2D eigenvalue weighted by Crippen LogP contribution is 2.39. The van der Waals surface area contributed by atoms with Gasteiger partial charge in [0.05, 0.1) is 18.9 Å². The molecule has 0 aliphatic heterocycles. The second kappa shape index (κ2) is 6.71. The van der Waals surface area contributed by atoms with E-state index in [1.54, 1.807) is 0 Å². The Bertz CT molecular complexity index is 1370. The lowest BCUT2D eigenvalue weighted by atomic mass is 9.80.